The van der Waals surface area contributed by atoms with Gasteiger partial charge >= 0.3 is 0 Å². The maximum absolute atomic E-state index is 10.7. The van der Waals surface area contributed by atoms with E-state index in [4.69, 9.17) is 16.3 Å². The number of aromatic nitrogens is 4. The van der Waals surface area contributed by atoms with Crippen LogP contribution in [0.3, 0.4) is 0 Å². The highest BCUT2D eigenvalue weighted by Gasteiger charge is 2.18. The maximum Gasteiger partial charge on any atom is 0.275 e. The van der Waals surface area contributed by atoms with Crippen molar-refractivity contribution in [1.29, 1.82) is 10.5 Å². The molecule has 0 aliphatic heterocycles. The van der Waals surface area contributed by atoms with Gasteiger partial charge in [0, 0.05) is 11.8 Å². The number of nitrogen functional groups attached to an aromatic ring is 1. The molecule has 0 bridgehead atoms. The number of hydrogen-bond donors (Lipinski definition) is 3. The number of nitro benzene ring substituents is 1. The molecule has 0 aliphatic carbocycles. The number of imidazole rings is 2. The van der Waals surface area contributed by atoms with Crippen LogP contribution >= 0.6 is 0 Å². The van der Waals surface area contributed by atoms with Gasteiger partial charge in [-0.2, -0.15) is 10.5 Å². The fourth-order valence-electron chi connectivity index (χ4n) is 2.84. The second kappa shape index (κ2) is 7.05. The van der Waals surface area contributed by atoms with Crippen LogP contribution in [0.1, 0.15) is 22.3 Å². The Hall–Kier alpha value is -4.44. The molecule has 2 aromatic carbocycles. The lowest BCUT2D eigenvalue weighted by atomic mass is 10.1. The first-order valence-electron chi connectivity index (χ1n) is 8.02. The van der Waals surface area contributed by atoms with E-state index in [1.807, 2.05) is 13.0 Å². The molecule has 0 saturated carbocycles. The first-order valence-corrected chi connectivity index (χ1v) is 8.02. The Balaban J connectivity index is 0.000000162. The zero-order chi connectivity index (χ0) is 20.4. The zero-order valence-corrected chi connectivity index (χ0v) is 14.9. The third-order valence-electron chi connectivity index (χ3n) is 4.36. The Kier molecular flexibility index (Phi) is 4.62. The highest BCUT2D eigenvalue weighted by molar-refractivity contribution is 5.88. The van der Waals surface area contributed by atoms with Crippen molar-refractivity contribution in [3.8, 4) is 12.1 Å². The number of aromatic amines is 2. The van der Waals surface area contributed by atoms with Crippen LogP contribution in [-0.2, 0) is 0 Å². The van der Waals surface area contributed by atoms with Crippen LogP contribution < -0.4 is 5.73 Å². The monoisotopic (exact) mass is 374 g/mol. The fourth-order valence-corrected chi connectivity index (χ4v) is 2.84. The molecule has 0 amide bonds. The van der Waals surface area contributed by atoms with E-state index >= 15 is 0 Å². The molecule has 0 spiro atoms. The quantitative estimate of drug-likeness (QED) is 0.261. The van der Waals surface area contributed by atoms with Gasteiger partial charge in [-0.05, 0) is 25.5 Å². The molecule has 2 heterocycles. The van der Waals surface area contributed by atoms with Crippen molar-refractivity contribution in [3.63, 3.8) is 0 Å². The van der Waals surface area contributed by atoms with E-state index in [0.29, 0.717) is 27.8 Å². The lowest BCUT2D eigenvalue weighted by Gasteiger charge is -2.01. The fraction of sp³-hybridized carbons (Fsp3) is 0.111. The van der Waals surface area contributed by atoms with Gasteiger partial charge in [-0.1, -0.05) is 0 Å². The number of nitrogens with two attached hydrogens (primary N) is 1. The Morgan fingerprint density at radius 1 is 1.00 bits per heavy atom. The molecule has 2 aromatic heterocycles. The summed E-state index contributed by atoms with van der Waals surface area (Å²) in [6, 6.07) is 6.90. The molecule has 10 nitrogen and oxygen atoms in total. The topological polar surface area (TPSA) is 174 Å². The van der Waals surface area contributed by atoms with Gasteiger partial charge in [-0.15, -0.1) is 0 Å². The summed E-state index contributed by atoms with van der Waals surface area (Å²) in [7, 11) is 0. The van der Waals surface area contributed by atoms with Crippen molar-refractivity contribution in [2.75, 3.05) is 5.73 Å². The Labute approximate surface area is 158 Å². The molecule has 4 N–H and O–H groups in total. The lowest BCUT2D eigenvalue weighted by Crippen LogP contribution is -1.94. The number of fused-ring (bicyclic) bond motifs is 2. The predicted octanol–water partition coefficient (Wildman–Crippen LogP) is 2.98. The molecule has 0 saturated heterocycles. The molecular weight excluding hydrogens is 360 g/mol. The Morgan fingerprint density at radius 3 is 2.00 bits per heavy atom. The number of nitrogens with zero attached hydrogens (tertiary/aromatic N) is 5. The van der Waals surface area contributed by atoms with Crippen molar-refractivity contribution in [2.24, 2.45) is 0 Å². The van der Waals surface area contributed by atoms with Crippen LogP contribution in [0.15, 0.2) is 24.8 Å². The summed E-state index contributed by atoms with van der Waals surface area (Å²) in [5, 5.41) is 28.4. The van der Waals surface area contributed by atoms with Crippen molar-refractivity contribution >= 4 is 33.4 Å². The van der Waals surface area contributed by atoms with Crippen molar-refractivity contribution in [2.45, 2.75) is 13.8 Å². The summed E-state index contributed by atoms with van der Waals surface area (Å²) < 4.78 is 0. The third-order valence-corrected chi connectivity index (χ3v) is 4.36. The van der Waals surface area contributed by atoms with Gasteiger partial charge in [0.2, 0.25) is 0 Å². The second-order valence-electron chi connectivity index (χ2n) is 5.94. The minimum atomic E-state index is -0.510. The number of hydrogen-bond acceptors (Lipinski definition) is 7. The number of nitro groups is 1. The van der Waals surface area contributed by atoms with E-state index in [0.717, 1.165) is 16.6 Å². The molecular formula is C18H14N8O2. The molecule has 0 radical (unpaired) electrons. The molecule has 138 valence electrons. The summed E-state index contributed by atoms with van der Waals surface area (Å²) in [6.45, 7) is 3.50. The largest absolute Gasteiger partial charge is 0.398 e. The molecule has 4 rings (SSSR count). The Morgan fingerprint density at radius 2 is 1.50 bits per heavy atom. The van der Waals surface area contributed by atoms with Crippen molar-refractivity contribution in [3.05, 3.63) is 57.2 Å². The van der Waals surface area contributed by atoms with Gasteiger partial charge in [-0.3, -0.25) is 10.1 Å². The second-order valence-corrected chi connectivity index (χ2v) is 5.94. The van der Waals surface area contributed by atoms with Gasteiger partial charge in [0.15, 0.2) is 0 Å². The molecule has 28 heavy (non-hydrogen) atoms. The van der Waals surface area contributed by atoms with Gasteiger partial charge in [0.05, 0.1) is 56.3 Å². The maximum atomic E-state index is 10.7. The van der Waals surface area contributed by atoms with E-state index < -0.39 is 4.92 Å². The summed E-state index contributed by atoms with van der Waals surface area (Å²) in [6.07, 6.45) is 2.99. The van der Waals surface area contributed by atoms with E-state index in [1.54, 1.807) is 19.3 Å². The van der Waals surface area contributed by atoms with Gasteiger partial charge in [0.25, 0.3) is 5.69 Å². The van der Waals surface area contributed by atoms with Gasteiger partial charge in [0.1, 0.15) is 12.1 Å². The zero-order valence-electron chi connectivity index (χ0n) is 14.9. The third kappa shape index (κ3) is 2.95. The normalized spacial score (nSPS) is 10.1. The van der Waals surface area contributed by atoms with Crippen LogP contribution in [0.5, 0.6) is 0 Å². The van der Waals surface area contributed by atoms with Crippen LogP contribution in [0.4, 0.5) is 11.4 Å². The average Bonchev–Trinajstić information content (AvgIpc) is 3.35. The van der Waals surface area contributed by atoms with Gasteiger partial charge in [-0.25, -0.2) is 9.97 Å². The smallest absolute Gasteiger partial charge is 0.275 e. The molecule has 10 heteroatoms. The minimum absolute atomic E-state index is 0.0776. The van der Waals surface area contributed by atoms with E-state index in [2.05, 4.69) is 26.0 Å². The summed E-state index contributed by atoms with van der Waals surface area (Å²) in [5.74, 6) is 0. The number of nitriles is 2. The SMILES string of the molecule is Cc1c(N)cc(C#N)c2[nH]cnc12.Cc1c([N+](=O)[O-])cc(C#N)c2[nH]cnc12. The highest BCUT2D eigenvalue weighted by Crippen LogP contribution is 2.27. The van der Waals surface area contributed by atoms with Crippen LogP contribution in [0.2, 0.25) is 0 Å². The van der Waals surface area contributed by atoms with Gasteiger partial charge < -0.3 is 15.7 Å². The molecule has 0 aliphatic rings. The minimum Gasteiger partial charge on any atom is -0.398 e. The Bertz CT molecular complexity index is 1300. The summed E-state index contributed by atoms with van der Waals surface area (Å²) in [5.41, 5.74) is 10.9. The first kappa shape index (κ1) is 18.4. The van der Waals surface area contributed by atoms with Crippen LogP contribution in [-0.4, -0.2) is 24.9 Å². The number of anilines is 1. The molecule has 4 aromatic rings. The van der Waals surface area contributed by atoms with E-state index in [9.17, 15) is 10.1 Å². The van der Waals surface area contributed by atoms with Crippen molar-refractivity contribution < 1.29 is 4.92 Å². The lowest BCUT2D eigenvalue weighted by molar-refractivity contribution is -0.385. The number of benzene rings is 2. The highest BCUT2D eigenvalue weighted by atomic mass is 16.6. The summed E-state index contributed by atoms with van der Waals surface area (Å²) in [4.78, 5) is 24.0. The number of rotatable bonds is 1. The van der Waals surface area contributed by atoms with Crippen LogP contribution in [0.25, 0.3) is 22.1 Å². The van der Waals surface area contributed by atoms with E-state index in [-0.39, 0.29) is 11.3 Å². The van der Waals surface area contributed by atoms with E-state index in [1.165, 1.54) is 12.4 Å². The standard InChI is InChI=1S/C9H6N4O2.C9H8N4/c1-5-7(13(14)15)2-6(3-10)9-8(5)11-4-12-9;1-5-7(11)2-6(3-10)9-8(5)12-4-13-9/h2,4H,1H3,(H,11,12);2,4H,11H2,1H3,(H,12,13). The predicted molar refractivity (Wildman–Crippen MR) is 102 cm³/mol. The number of aryl methyl sites for hydroxylation is 2. The van der Waals surface area contributed by atoms with Crippen LogP contribution in [0, 0.1) is 46.6 Å². The molecule has 0 fully saturated rings. The average molecular weight is 374 g/mol. The first-order chi connectivity index (χ1) is 13.4. The van der Waals surface area contributed by atoms with Crippen molar-refractivity contribution in [1.82, 2.24) is 19.9 Å². The number of nitrogens with one attached hydrogen (secondary N) is 2. The molecule has 0 atom stereocenters. The molecule has 0 unspecified atom stereocenters. The number of H-pyrrole nitrogens is 2. The summed E-state index contributed by atoms with van der Waals surface area (Å²) >= 11 is 0.